The fourth-order valence-electron chi connectivity index (χ4n) is 1.78. The summed E-state index contributed by atoms with van der Waals surface area (Å²) in [4.78, 5) is 0. The lowest BCUT2D eigenvalue weighted by Gasteiger charge is -2.14. The van der Waals surface area contributed by atoms with Crippen LogP contribution >= 0.6 is 0 Å². The first-order chi connectivity index (χ1) is 9.25. The van der Waals surface area contributed by atoms with E-state index >= 15 is 0 Å². The highest BCUT2D eigenvalue weighted by Gasteiger charge is 2.07. The lowest BCUT2D eigenvalue weighted by atomic mass is 10.1. The van der Waals surface area contributed by atoms with Crippen LogP contribution in [-0.4, -0.2) is 17.7 Å². The molecule has 0 aliphatic rings. The van der Waals surface area contributed by atoms with Gasteiger partial charge in [0, 0.05) is 12.6 Å². The van der Waals surface area contributed by atoms with E-state index in [1.165, 1.54) is 0 Å². The topological polar surface area (TPSA) is 45.4 Å². The number of furan rings is 1. The number of aliphatic hydroxyl groups is 1. The van der Waals surface area contributed by atoms with E-state index in [9.17, 15) is 5.11 Å². The molecule has 19 heavy (non-hydrogen) atoms. The Morgan fingerprint density at radius 1 is 1.21 bits per heavy atom. The van der Waals surface area contributed by atoms with Gasteiger partial charge in [-0.05, 0) is 30.7 Å². The predicted molar refractivity (Wildman–Crippen MR) is 76.6 cm³/mol. The van der Waals surface area contributed by atoms with Gasteiger partial charge >= 0.3 is 0 Å². The van der Waals surface area contributed by atoms with Crippen molar-refractivity contribution in [2.45, 2.75) is 19.1 Å². The van der Waals surface area contributed by atoms with Crippen molar-refractivity contribution in [3.05, 3.63) is 66.1 Å². The van der Waals surface area contributed by atoms with E-state index in [0.717, 1.165) is 11.3 Å². The first-order valence-corrected chi connectivity index (χ1v) is 6.44. The Hall–Kier alpha value is -1.84. The highest BCUT2D eigenvalue weighted by Crippen LogP contribution is 2.11. The minimum Gasteiger partial charge on any atom is -0.465 e. The summed E-state index contributed by atoms with van der Waals surface area (Å²) in [6.45, 7) is 2.56. The minimum absolute atomic E-state index is 0.170. The van der Waals surface area contributed by atoms with Crippen LogP contribution in [0.25, 0.3) is 6.08 Å². The molecule has 100 valence electrons. The molecule has 0 amide bonds. The molecule has 0 radical (unpaired) electrons. The smallest absolute Gasteiger partial charge is 0.126 e. The van der Waals surface area contributed by atoms with Crippen molar-refractivity contribution >= 4 is 6.08 Å². The molecule has 2 N–H and O–H groups in total. The molecule has 0 saturated carbocycles. The molecule has 3 nitrogen and oxygen atoms in total. The fraction of sp³-hybridized carbons (Fsp3) is 0.250. The van der Waals surface area contributed by atoms with Crippen LogP contribution in [0.1, 0.15) is 24.4 Å². The first kappa shape index (κ1) is 13.6. The highest BCUT2D eigenvalue weighted by atomic mass is 16.3. The fourth-order valence-corrected chi connectivity index (χ4v) is 1.78. The zero-order valence-electron chi connectivity index (χ0n) is 11.0. The Morgan fingerprint density at radius 2 is 2.00 bits per heavy atom. The lowest BCUT2D eigenvalue weighted by Crippen LogP contribution is -2.28. The maximum atomic E-state index is 10.0. The lowest BCUT2D eigenvalue weighted by molar-refractivity contribution is 0.173. The van der Waals surface area contributed by atoms with Crippen LogP contribution < -0.4 is 5.32 Å². The third-order valence-electron chi connectivity index (χ3n) is 2.91. The van der Waals surface area contributed by atoms with Gasteiger partial charge in [0.05, 0.1) is 12.4 Å². The molecule has 2 unspecified atom stereocenters. The number of nitrogens with one attached hydrogen (secondary N) is 1. The molecule has 0 aliphatic carbocycles. The highest BCUT2D eigenvalue weighted by molar-refractivity contribution is 5.42. The molecular formula is C16H19NO2. The SMILES string of the molecule is CC(/C=C/c1ccco1)NCC(O)c1ccccc1. The summed E-state index contributed by atoms with van der Waals surface area (Å²) >= 11 is 0. The average molecular weight is 257 g/mol. The summed E-state index contributed by atoms with van der Waals surface area (Å²) in [6, 6.07) is 13.6. The summed E-state index contributed by atoms with van der Waals surface area (Å²) < 4.78 is 5.21. The Kier molecular flexibility index (Phi) is 4.95. The van der Waals surface area contributed by atoms with E-state index in [1.54, 1.807) is 6.26 Å². The molecule has 2 atom stereocenters. The van der Waals surface area contributed by atoms with E-state index in [1.807, 2.05) is 61.5 Å². The van der Waals surface area contributed by atoms with Crippen LogP contribution in [-0.2, 0) is 0 Å². The number of aliphatic hydroxyl groups excluding tert-OH is 1. The largest absolute Gasteiger partial charge is 0.465 e. The third-order valence-corrected chi connectivity index (χ3v) is 2.91. The van der Waals surface area contributed by atoms with Gasteiger partial charge in [0.15, 0.2) is 0 Å². The van der Waals surface area contributed by atoms with Gasteiger partial charge in [-0.2, -0.15) is 0 Å². The Bertz CT molecular complexity index is 491. The monoisotopic (exact) mass is 257 g/mol. The van der Waals surface area contributed by atoms with Gasteiger partial charge in [0.1, 0.15) is 5.76 Å². The van der Waals surface area contributed by atoms with E-state index in [-0.39, 0.29) is 6.04 Å². The van der Waals surface area contributed by atoms with Crippen LogP contribution in [0.2, 0.25) is 0 Å². The minimum atomic E-state index is -0.485. The van der Waals surface area contributed by atoms with E-state index in [0.29, 0.717) is 6.54 Å². The van der Waals surface area contributed by atoms with Gasteiger partial charge in [-0.15, -0.1) is 0 Å². The number of benzene rings is 1. The summed E-state index contributed by atoms with van der Waals surface area (Å²) in [5, 5.41) is 13.3. The van der Waals surface area contributed by atoms with E-state index in [2.05, 4.69) is 5.32 Å². The quantitative estimate of drug-likeness (QED) is 0.836. The average Bonchev–Trinajstić information content (AvgIpc) is 2.96. The van der Waals surface area contributed by atoms with Crippen LogP contribution in [0.15, 0.2) is 59.2 Å². The predicted octanol–water partition coefficient (Wildman–Crippen LogP) is 3.00. The van der Waals surface area contributed by atoms with Crippen molar-refractivity contribution in [1.82, 2.24) is 5.32 Å². The summed E-state index contributed by atoms with van der Waals surface area (Å²) in [5.74, 6) is 0.831. The molecule has 2 rings (SSSR count). The number of hydrogen-bond donors (Lipinski definition) is 2. The zero-order valence-corrected chi connectivity index (χ0v) is 11.0. The molecule has 0 bridgehead atoms. The van der Waals surface area contributed by atoms with Gasteiger partial charge in [0.25, 0.3) is 0 Å². The number of hydrogen-bond acceptors (Lipinski definition) is 3. The maximum absolute atomic E-state index is 10.0. The molecule has 3 heteroatoms. The molecule has 0 fully saturated rings. The van der Waals surface area contributed by atoms with Crippen molar-refractivity contribution < 1.29 is 9.52 Å². The molecular weight excluding hydrogens is 238 g/mol. The normalized spacial score (nSPS) is 14.6. The third kappa shape index (κ3) is 4.39. The molecule has 0 saturated heterocycles. The van der Waals surface area contributed by atoms with Crippen molar-refractivity contribution in [3.63, 3.8) is 0 Å². The summed E-state index contributed by atoms with van der Waals surface area (Å²) in [6.07, 6.45) is 5.10. The van der Waals surface area contributed by atoms with Crippen LogP contribution in [0.3, 0.4) is 0 Å². The Labute approximate surface area is 113 Å². The van der Waals surface area contributed by atoms with Gasteiger partial charge in [-0.3, -0.25) is 0 Å². The van der Waals surface area contributed by atoms with Gasteiger partial charge in [-0.1, -0.05) is 36.4 Å². The van der Waals surface area contributed by atoms with Gasteiger partial charge in [-0.25, -0.2) is 0 Å². The molecule has 2 aromatic rings. The standard InChI is InChI=1S/C16H19NO2/c1-13(9-10-15-8-5-11-19-15)17-12-16(18)14-6-3-2-4-7-14/h2-11,13,16-18H,12H2,1H3/b10-9+. The number of rotatable bonds is 6. The van der Waals surface area contributed by atoms with Crippen LogP contribution in [0.4, 0.5) is 0 Å². The van der Waals surface area contributed by atoms with Gasteiger partial charge < -0.3 is 14.8 Å². The van der Waals surface area contributed by atoms with Crippen molar-refractivity contribution in [2.24, 2.45) is 0 Å². The second-order valence-electron chi connectivity index (χ2n) is 4.50. The first-order valence-electron chi connectivity index (χ1n) is 6.44. The Balaban J connectivity index is 1.79. The maximum Gasteiger partial charge on any atom is 0.126 e. The zero-order chi connectivity index (χ0) is 13.5. The molecule has 1 aromatic heterocycles. The van der Waals surface area contributed by atoms with Crippen LogP contribution in [0, 0.1) is 0 Å². The van der Waals surface area contributed by atoms with Crippen molar-refractivity contribution in [2.75, 3.05) is 6.54 Å². The molecule has 1 heterocycles. The van der Waals surface area contributed by atoms with Crippen LogP contribution in [0.5, 0.6) is 0 Å². The molecule has 0 spiro atoms. The van der Waals surface area contributed by atoms with Gasteiger partial charge in [0.2, 0.25) is 0 Å². The molecule has 1 aromatic carbocycles. The molecule has 0 aliphatic heterocycles. The summed E-state index contributed by atoms with van der Waals surface area (Å²) in [5.41, 5.74) is 0.928. The van der Waals surface area contributed by atoms with Crippen molar-refractivity contribution in [3.8, 4) is 0 Å². The van der Waals surface area contributed by atoms with Crippen molar-refractivity contribution in [1.29, 1.82) is 0 Å². The second kappa shape index (κ2) is 6.92. The van der Waals surface area contributed by atoms with E-state index in [4.69, 9.17) is 4.42 Å². The Morgan fingerprint density at radius 3 is 2.68 bits per heavy atom. The second-order valence-corrected chi connectivity index (χ2v) is 4.50. The summed E-state index contributed by atoms with van der Waals surface area (Å²) in [7, 11) is 0. The van der Waals surface area contributed by atoms with E-state index < -0.39 is 6.10 Å².